The lowest BCUT2D eigenvalue weighted by atomic mass is 10.0. The molecule has 4 heteroatoms. The first-order valence-electron chi connectivity index (χ1n) is 6.96. The van der Waals surface area contributed by atoms with Crippen LogP contribution in [-0.4, -0.2) is 31.7 Å². The highest BCUT2D eigenvalue weighted by atomic mass is 16.5. The second-order valence-corrected chi connectivity index (χ2v) is 4.84. The molecule has 1 amide bonds. The second kappa shape index (κ2) is 7.26. The van der Waals surface area contributed by atoms with E-state index in [1.807, 2.05) is 30.3 Å². The zero-order valence-corrected chi connectivity index (χ0v) is 11.4. The van der Waals surface area contributed by atoms with Gasteiger partial charge in [-0.1, -0.05) is 37.3 Å². The summed E-state index contributed by atoms with van der Waals surface area (Å²) in [5, 5.41) is 6.32. The zero-order chi connectivity index (χ0) is 13.5. The van der Waals surface area contributed by atoms with E-state index in [9.17, 15) is 4.79 Å². The topological polar surface area (TPSA) is 50.4 Å². The third kappa shape index (κ3) is 4.33. The molecule has 1 saturated heterocycles. The maximum atomic E-state index is 12.0. The monoisotopic (exact) mass is 262 g/mol. The van der Waals surface area contributed by atoms with Gasteiger partial charge in [0.05, 0.1) is 25.2 Å². The molecule has 2 atom stereocenters. The van der Waals surface area contributed by atoms with Gasteiger partial charge in [0.2, 0.25) is 5.91 Å². The van der Waals surface area contributed by atoms with Crippen LogP contribution in [0.15, 0.2) is 30.3 Å². The van der Waals surface area contributed by atoms with Gasteiger partial charge < -0.3 is 15.4 Å². The molecular formula is C15H22N2O2. The Bertz CT molecular complexity index is 388. The first-order valence-corrected chi connectivity index (χ1v) is 6.96. The predicted molar refractivity (Wildman–Crippen MR) is 74.8 cm³/mol. The lowest BCUT2D eigenvalue weighted by Gasteiger charge is -2.24. The van der Waals surface area contributed by atoms with Crippen LogP contribution >= 0.6 is 0 Å². The van der Waals surface area contributed by atoms with E-state index in [2.05, 4.69) is 17.6 Å². The van der Waals surface area contributed by atoms with Gasteiger partial charge in [0.1, 0.15) is 0 Å². The molecule has 1 aromatic carbocycles. The average molecular weight is 262 g/mol. The number of carbonyl (C=O) groups is 1. The fraction of sp³-hybridized carbons (Fsp3) is 0.533. The number of hydrogen-bond donors (Lipinski definition) is 2. The summed E-state index contributed by atoms with van der Waals surface area (Å²) in [5.74, 6) is 0.0596. The molecule has 19 heavy (non-hydrogen) atoms. The second-order valence-electron chi connectivity index (χ2n) is 4.84. The quantitative estimate of drug-likeness (QED) is 0.848. The summed E-state index contributed by atoms with van der Waals surface area (Å²) in [6.45, 7) is 4.40. The summed E-state index contributed by atoms with van der Waals surface area (Å²) >= 11 is 0. The van der Waals surface area contributed by atoms with Gasteiger partial charge in [-0.05, 0) is 12.0 Å². The smallest absolute Gasteiger partial charge is 0.223 e. The van der Waals surface area contributed by atoms with Crippen LogP contribution in [0.4, 0.5) is 0 Å². The molecule has 0 aliphatic carbocycles. The van der Waals surface area contributed by atoms with E-state index < -0.39 is 0 Å². The third-order valence-electron chi connectivity index (χ3n) is 3.36. The van der Waals surface area contributed by atoms with Crippen molar-refractivity contribution < 1.29 is 9.53 Å². The van der Waals surface area contributed by atoms with E-state index in [1.165, 1.54) is 0 Å². The number of nitrogens with one attached hydrogen (secondary N) is 2. The third-order valence-corrected chi connectivity index (χ3v) is 3.36. The fourth-order valence-corrected chi connectivity index (χ4v) is 2.32. The number of amides is 1. The van der Waals surface area contributed by atoms with Gasteiger partial charge in [0.15, 0.2) is 0 Å². The lowest BCUT2D eigenvalue weighted by molar-refractivity contribution is -0.125. The Hall–Kier alpha value is -1.39. The largest absolute Gasteiger partial charge is 0.375 e. The van der Waals surface area contributed by atoms with Gasteiger partial charge in [-0.25, -0.2) is 0 Å². The van der Waals surface area contributed by atoms with E-state index >= 15 is 0 Å². The first-order chi connectivity index (χ1) is 9.29. The normalized spacial score (nSPS) is 20.8. The zero-order valence-electron chi connectivity index (χ0n) is 11.4. The van der Waals surface area contributed by atoms with Crippen molar-refractivity contribution in [1.29, 1.82) is 0 Å². The van der Waals surface area contributed by atoms with Crippen molar-refractivity contribution in [2.45, 2.75) is 31.9 Å². The Balaban J connectivity index is 1.85. The number of carbonyl (C=O) groups excluding carboxylic acids is 1. The molecule has 2 unspecified atom stereocenters. The molecule has 0 aromatic heterocycles. The number of hydrogen-bond acceptors (Lipinski definition) is 3. The average Bonchev–Trinajstić information content (AvgIpc) is 2.47. The van der Waals surface area contributed by atoms with Crippen molar-refractivity contribution >= 4 is 5.91 Å². The summed E-state index contributed by atoms with van der Waals surface area (Å²) in [4.78, 5) is 12.0. The molecule has 4 nitrogen and oxygen atoms in total. The Morgan fingerprint density at radius 3 is 2.89 bits per heavy atom. The van der Waals surface area contributed by atoms with Gasteiger partial charge >= 0.3 is 0 Å². The molecule has 1 aromatic rings. The predicted octanol–water partition coefficient (Wildman–Crippen LogP) is 1.63. The van der Waals surface area contributed by atoms with Gasteiger partial charge in [-0.15, -0.1) is 0 Å². The number of ether oxygens (including phenoxy) is 1. The van der Waals surface area contributed by atoms with Gasteiger partial charge in [-0.3, -0.25) is 4.79 Å². The number of benzene rings is 1. The van der Waals surface area contributed by atoms with Crippen molar-refractivity contribution in [3.63, 3.8) is 0 Å². The highest BCUT2D eigenvalue weighted by Crippen LogP contribution is 2.16. The molecule has 0 spiro atoms. The molecule has 104 valence electrons. The summed E-state index contributed by atoms with van der Waals surface area (Å²) in [7, 11) is 0. The fourth-order valence-electron chi connectivity index (χ4n) is 2.32. The van der Waals surface area contributed by atoms with Crippen LogP contribution in [0.25, 0.3) is 0 Å². The molecular weight excluding hydrogens is 240 g/mol. The van der Waals surface area contributed by atoms with E-state index in [4.69, 9.17) is 4.74 Å². The molecule has 2 N–H and O–H groups in total. The van der Waals surface area contributed by atoms with Crippen LogP contribution in [0.3, 0.4) is 0 Å². The number of morpholine rings is 1. The molecule has 2 rings (SSSR count). The summed E-state index contributed by atoms with van der Waals surface area (Å²) in [5.41, 5.74) is 1.15. The van der Waals surface area contributed by atoms with Crippen LogP contribution in [-0.2, 0) is 9.53 Å². The van der Waals surface area contributed by atoms with Gasteiger partial charge in [0, 0.05) is 13.1 Å². The standard InChI is InChI=1S/C15H22N2O2/c1-2-14(12-6-4-3-5-7-12)17-15(18)10-13-11-16-8-9-19-13/h3-7,13-14,16H,2,8-11H2,1H3,(H,17,18). The molecule has 1 heterocycles. The lowest BCUT2D eigenvalue weighted by Crippen LogP contribution is -2.41. The van der Waals surface area contributed by atoms with Crippen molar-refractivity contribution in [3.05, 3.63) is 35.9 Å². The van der Waals surface area contributed by atoms with Gasteiger partial charge in [0.25, 0.3) is 0 Å². The summed E-state index contributed by atoms with van der Waals surface area (Å²) in [6.07, 6.45) is 1.32. The van der Waals surface area contributed by atoms with E-state index in [0.717, 1.165) is 25.1 Å². The first kappa shape index (κ1) is 14.0. The highest BCUT2D eigenvalue weighted by Gasteiger charge is 2.19. The van der Waals surface area contributed by atoms with Crippen LogP contribution in [0.5, 0.6) is 0 Å². The Labute approximate surface area is 114 Å². The minimum absolute atomic E-state index is 0.00188. The Kier molecular flexibility index (Phi) is 5.36. The van der Waals surface area contributed by atoms with Crippen molar-refractivity contribution in [1.82, 2.24) is 10.6 Å². The Morgan fingerprint density at radius 1 is 1.47 bits per heavy atom. The van der Waals surface area contributed by atoms with Crippen LogP contribution in [0.1, 0.15) is 31.4 Å². The highest BCUT2D eigenvalue weighted by molar-refractivity contribution is 5.77. The van der Waals surface area contributed by atoms with Crippen molar-refractivity contribution in [2.75, 3.05) is 19.7 Å². The summed E-state index contributed by atoms with van der Waals surface area (Å²) < 4.78 is 5.55. The maximum absolute atomic E-state index is 12.0. The molecule has 1 aliphatic heterocycles. The Morgan fingerprint density at radius 2 is 2.26 bits per heavy atom. The van der Waals surface area contributed by atoms with Crippen LogP contribution in [0.2, 0.25) is 0 Å². The SMILES string of the molecule is CCC(NC(=O)CC1CNCCO1)c1ccccc1. The summed E-state index contributed by atoms with van der Waals surface area (Å²) in [6, 6.07) is 10.2. The van der Waals surface area contributed by atoms with Crippen molar-refractivity contribution in [3.8, 4) is 0 Å². The minimum Gasteiger partial charge on any atom is -0.375 e. The minimum atomic E-state index is 0.00188. The van der Waals surface area contributed by atoms with Crippen LogP contribution in [0, 0.1) is 0 Å². The van der Waals surface area contributed by atoms with Gasteiger partial charge in [-0.2, -0.15) is 0 Å². The van der Waals surface area contributed by atoms with Crippen molar-refractivity contribution in [2.24, 2.45) is 0 Å². The molecule has 1 fully saturated rings. The number of rotatable bonds is 5. The van der Waals surface area contributed by atoms with E-state index in [-0.39, 0.29) is 18.1 Å². The van der Waals surface area contributed by atoms with E-state index in [0.29, 0.717) is 13.0 Å². The molecule has 0 radical (unpaired) electrons. The molecule has 1 aliphatic rings. The van der Waals surface area contributed by atoms with Crippen LogP contribution < -0.4 is 10.6 Å². The molecule has 0 saturated carbocycles. The molecule has 0 bridgehead atoms. The maximum Gasteiger partial charge on any atom is 0.223 e. The van der Waals surface area contributed by atoms with E-state index in [1.54, 1.807) is 0 Å².